The van der Waals surface area contributed by atoms with Crippen LogP contribution in [0.15, 0.2) is 24.3 Å². The molecule has 1 fully saturated rings. The fourth-order valence-electron chi connectivity index (χ4n) is 3.99. The fraction of sp³-hybridized carbons (Fsp3) is 0.609. The molecule has 186 valence electrons. The van der Waals surface area contributed by atoms with Crippen molar-refractivity contribution in [1.82, 2.24) is 4.90 Å². The molecule has 2 aliphatic heterocycles. The Kier molecular flexibility index (Phi) is 10.8. The van der Waals surface area contributed by atoms with Crippen LogP contribution in [0.25, 0.3) is 0 Å². The quantitative estimate of drug-likeness (QED) is 0.257. The summed E-state index contributed by atoms with van der Waals surface area (Å²) in [5.41, 5.74) is 2.14. The molecule has 2 heterocycles. The minimum absolute atomic E-state index is 0.00832. The minimum atomic E-state index is -0.358. The predicted molar refractivity (Wildman–Crippen MR) is 126 cm³/mol. The van der Waals surface area contributed by atoms with Gasteiger partial charge in [-0.15, -0.1) is 0 Å². The van der Waals surface area contributed by atoms with Gasteiger partial charge in [-0.3, -0.25) is 0 Å². The van der Waals surface area contributed by atoms with E-state index in [0.717, 1.165) is 5.57 Å². The molecule has 0 spiro atoms. The number of carbonyl (C=O) groups excluding carboxylic acids is 1. The summed E-state index contributed by atoms with van der Waals surface area (Å²) in [5, 5.41) is 10.3. The van der Waals surface area contributed by atoms with Crippen molar-refractivity contribution in [2.75, 3.05) is 76.5 Å². The second kappa shape index (κ2) is 13.6. The maximum absolute atomic E-state index is 13.3. The first-order valence-corrected chi connectivity index (χ1v) is 12.7. The van der Waals surface area contributed by atoms with Crippen molar-refractivity contribution >= 4 is 36.3 Å². The van der Waals surface area contributed by atoms with Gasteiger partial charge in [0, 0.05) is 7.11 Å². The van der Waals surface area contributed by atoms with Crippen LogP contribution in [0.4, 0.5) is 5.69 Å². The zero-order valence-corrected chi connectivity index (χ0v) is 23.2. The number of carbonyl (C=O) groups is 1. The molecule has 1 aromatic carbocycles. The second-order valence-electron chi connectivity index (χ2n) is 7.99. The monoisotopic (exact) mass is 580 g/mol. The van der Waals surface area contributed by atoms with Gasteiger partial charge < -0.3 is 4.74 Å². The molecule has 11 heteroatoms. The molecule has 0 unspecified atom stereocenters. The Morgan fingerprint density at radius 1 is 1.03 bits per heavy atom. The van der Waals surface area contributed by atoms with Crippen LogP contribution in [0.3, 0.4) is 0 Å². The summed E-state index contributed by atoms with van der Waals surface area (Å²) in [4.78, 5) is 15.1. The van der Waals surface area contributed by atoms with Gasteiger partial charge in [0.25, 0.3) is 0 Å². The van der Waals surface area contributed by atoms with Gasteiger partial charge >= 0.3 is 191 Å². The van der Waals surface area contributed by atoms with Crippen LogP contribution in [0.5, 0.6) is 11.5 Å². The van der Waals surface area contributed by atoms with Crippen LogP contribution in [-0.2, 0) is 23.7 Å². The zero-order valence-electron chi connectivity index (χ0n) is 19.9. The van der Waals surface area contributed by atoms with Crippen molar-refractivity contribution < 1.29 is 38.3 Å². The predicted octanol–water partition coefficient (Wildman–Crippen LogP) is 1.11. The molecule has 34 heavy (non-hydrogen) atoms. The molecule has 1 saturated heterocycles. The number of benzene rings is 1. The van der Waals surface area contributed by atoms with Gasteiger partial charge in [0.15, 0.2) is 0 Å². The van der Waals surface area contributed by atoms with Gasteiger partial charge in [-0.2, -0.15) is 0 Å². The molecular formula is C23H33InN2O8. The molecule has 10 nitrogen and oxygen atoms in total. The number of ether oxygens (including phenoxy) is 6. The molecule has 1 aromatic rings. The second-order valence-corrected chi connectivity index (χ2v) is 9.58. The van der Waals surface area contributed by atoms with Crippen molar-refractivity contribution in [3.63, 3.8) is 0 Å². The molecule has 0 saturated carbocycles. The van der Waals surface area contributed by atoms with Crippen molar-refractivity contribution in [3.05, 3.63) is 29.8 Å². The summed E-state index contributed by atoms with van der Waals surface area (Å²) in [7, 11) is 3.10. The Morgan fingerprint density at radius 2 is 1.65 bits per heavy atom. The third-order valence-electron chi connectivity index (χ3n) is 5.65. The number of fused-ring (bicyclic) bond motifs is 2. The average molecular weight is 580 g/mol. The van der Waals surface area contributed by atoms with E-state index in [1.807, 2.05) is 7.79 Å². The number of aromatic hydroxyl groups is 1. The number of hydrogen-bond donors (Lipinski definition) is 1. The number of nitrogens with zero attached hydrogens (tertiary/aromatic N) is 2. The van der Waals surface area contributed by atoms with Gasteiger partial charge in [-0.1, -0.05) is 0 Å². The Labute approximate surface area is 215 Å². The summed E-state index contributed by atoms with van der Waals surface area (Å²) in [6, 6.07) is 3.02. The number of phenolic OH excluding ortho intramolecular Hbond substituents is 1. The first-order valence-electron chi connectivity index (χ1n) is 11.2. The van der Waals surface area contributed by atoms with Crippen molar-refractivity contribution in [3.8, 4) is 11.5 Å². The molecule has 3 rings (SSSR count). The van der Waals surface area contributed by atoms with E-state index in [1.165, 1.54) is 7.11 Å². The van der Waals surface area contributed by atoms with Gasteiger partial charge in [-0.25, -0.2) is 0 Å². The summed E-state index contributed by atoms with van der Waals surface area (Å²) in [5.74, 6) is 0.153. The van der Waals surface area contributed by atoms with E-state index < -0.39 is 0 Å². The summed E-state index contributed by atoms with van der Waals surface area (Å²) in [6.07, 6.45) is 0.315. The van der Waals surface area contributed by atoms with E-state index in [4.69, 9.17) is 28.4 Å². The molecule has 2 aliphatic rings. The summed E-state index contributed by atoms with van der Waals surface area (Å²) < 4.78 is 34.8. The van der Waals surface area contributed by atoms with E-state index in [2.05, 4.69) is 6.58 Å². The Hall–Kier alpha value is -1.50. The first kappa shape index (κ1) is 27.1. The Balaban J connectivity index is 1.52. The van der Waals surface area contributed by atoms with Crippen LogP contribution in [0.2, 0.25) is 0 Å². The molecular weight excluding hydrogens is 547 g/mol. The van der Waals surface area contributed by atoms with E-state index in [9.17, 15) is 9.90 Å². The van der Waals surface area contributed by atoms with Crippen molar-refractivity contribution in [2.45, 2.75) is 18.7 Å². The van der Waals surface area contributed by atoms with Crippen LogP contribution in [-0.4, -0.2) is 126 Å². The topological polar surface area (TPSA) is 99.2 Å². The molecule has 0 aromatic heterocycles. The van der Waals surface area contributed by atoms with Gasteiger partial charge in [0.1, 0.15) is 0 Å². The number of rotatable bonds is 14. The standard InChI is InChI=1S/C23H34N2O8.In/c1-16-12-19-22(33-11-10-32-9-8-31-7-6-30-5-4-28-2)24-18-14-20(26)21(29-3)13-17(18)23(27)25(19)15-16;/h13-14,19,22H,1,4-12,15H2,2-3H3,(H2,24,26,27);/q;+1/p-1/t19-,22-;/m0./s1. The van der Waals surface area contributed by atoms with Gasteiger partial charge in [-0.05, 0) is 0 Å². The summed E-state index contributed by atoms with van der Waals surface area (Å²) >= 11 is 0.671. The van der Waals surface area contributed by atoms with Crippen molar-refractivity contribution in [2.24, 2.45) is 0 Å². The first-order chi connectivity index (χ1) is 16.5. The van der Waals surface area contributed by atoms with Gasteiger partial charge in [0.2, 0.25) is 0 Å². The number of anilines is 1. The number of phenols is 1. The number of amides is 1. The Morgan fingerprint density at radius 3 is 2.26 bits per heavy atom. The normalized spacial score (nSPS) is 19.8. The van der Waals surface area contributed by atoms with E-state index in [0.29, 0.717) is 102 Å². The molecule has 0 aliphatic carbocycles. The molecule has 1 N–H and O–H groups in total. The van der Waals surface area contributed by atoms with Crippen LogP contribution in [0, 0.1) is 0 Å². The molecule has 2 radical (unpaired) electrons. The van der Waals surface area contributed by atoms with Gasteiger partial charge in [0.05, 0.1) is 13.2 Å². The third-order valence-corrected chi connectivity index (χ3v) is 7.29. The van der Waals surface area contributed by atoms with Crippen LogP contribution >= 0.6 is 0 Å². The molecule has 0 bridgehead atoms. The number of hydrogen-bond acceptors (Lipinski definition) is 9. The van der Waals surface area contributed by atoms with Crippen molar-refractivity contribution in [1.29, 1.82) is 0 Å². The molecule has 1 amide bonds. The van der Waals surface area contributed by atoms with Crippen LogP contribution in [0.1, 0.15) is 16.8 Å². The van der Waals surface area contributed by atoms with Crippen LogP contribution < -0.4 is 7.62 Å². The third kappa shape index (κ3) is 6.79. The van der Waals surface area contributed by atoms with E-state index >= 15 is 0 Å². The Bertz CT molecular complexity index is 839. The zero-order chi connectivity index (χ0) is 24.5. The number of methoxy groups -OCH3 is 2. The van der Waals surface area contributed by atoms with E-state index in [1.54, 1.807) is 19.2 Å². The molecule has 2 atom stereocenters. The SMILES string of the molecule is C=C1C[C@H]2[C@H](OCCOCCOCCOCCOC)[N]([In])c3cc(O)c(OC)cc3C(=O)N2C1. The maximum atomic E-state index is 13.3. The fourth-order valence-corrected chi connectivity index (χ4v) is 5.41. The summed E-state index contributed by atoms with van der Waals surface area (Å²) in [6.45, 7) is 8.45. The van der Waals surface area contributed by atoms with E-state index in [-0.39, 0.29) is 29.7 Å². The average Bonchev–Trinajstić information content (AvgIpc) is 3.19.